The van der Waals surface area contributed by atoms with Crippen LogP contribution in [-0.2, 0) is 16.0 Å². The number of nitrogens with one attached hydrogen (secondary N) is 2. The van der Waals surface area contributed by atoms with Crippen LogP contribution in [0.3, 0.4) is 0 Å². The van der Waals surface area contributed by atoms with Crippen molar-refractivity contribution in [2.45, 2.75) is 39.2 Å². The second kappa shape index (κ2) is 10.0. The molecule has 0 aliphatic rings. The highest BCUT2D eigenvalue weighted by molar-refractivity contribution is 7.80. The van der Waals surface area contributed by atoms with Crippen molar-refractivity contribution in [2.75, 3.05) is 7.05 Å². The van der Waals surface area contributed by atoms with E-state index in [0.29, 0.717) is 17.8 Å². The molecule has 1 amide bonds. The van der Waals surface area contributed by atoms with Crippen LogP contribution in [0.1, 0.15) is 32.3 Å². The van der Waals surface area contributed by atoms with Gasteiger partial charge in [0.2, 0.25) is 5.91 Å². The van der Waals surface area contributed by atoms with E-state index in [1.54, 1.807) is 7.05 Å². The molecule has 0 saturated carbocycles. The van der Waals surface area contributed by atoms with E-state index < -0.39 is 11.9 Å². The number of carbonyl (C=O) groups is 2. The van der Waals surface area contributed by atoms with Crippen molar-refractivity contribution in [2.24, 2.45) is 11.8 Å². The van der Waals surface area contributed by atoms with Crippen LogP contribution in [0.15, 0.2) is 30.3 Å². The topological polar surface area (TPSA) is 78.4 Å². The van der Waals surface area contributed by atoms with Crippen molar-refractivity contribution in [3.8, 4) is 0 Å². The van der Waals surface area contributed by atoms with Gasteiger partial charge in [0.1, 0.15) is 0 Å². The van der Waals surface area contributed by atoms with E-state index in [9.17, 15) is 14.7 Å². The number of hydrogen-bond acceptors (Lipinski definition) is 3. The number of thiocarbonyl (C=S) groups is 1. The first-order valence-corrected chi connectivity index (χ1v) is 8.52. The summed E-state index contributed by atoms with van der Waals surface area (Å²) < 4.78 is 0. The summed E-state index contributed by atoms with van der Waals surface area (Å²) in [5, 5.41) is 15.0. The maximum absolute atomic E-state index is 12.3. The Morgan fingerprint density at radius 3 is 2.33 bits per heavy atom. The van der Waals surface area contributed by atoms with Gasteiger partial charge in [-0.25, -0.2) is 0 Å². The molecular formula is C18H26N2O3S. The highest BCUT2D eigenvalue weighted by atomic mass is 32.1. The Labute approximate surface area is 148 Å². The lowest BCUT2D eigenvalue weighted by Crippen LogP contribution is -2.46. The number of rotatable bonds is 9. The Balaban J connectivity index is 2.73. The minimum atomic E-state index is -0.936. The summed E-state index contributed by atoms with van der Waals surface area (Å²) in [4.78, 5) is 24.1. The van der Waals surface area contributed by atoms with Crippen LogP contribution in [0, 0.1) is 11.8 Å². The Morgan fingerprint density at radius 1 is 1.21 bits per heavy atom. The van der Waals surface area contributed by atoms with Gasteiger partial charge in [-0.3, -0.25) is 9.59 Å². The van der Waals surface area contributed by atoms with Gasteiger partial charge in [0, 0.05) is 13.5 Å². The van der Waals surface area contributed by atoms with Gasteiger partial charge < -0.3 is 15.7 Å². The van der Waals surface area contributed by atoms with Gasteiger partial charge in [0.25, 0.3) is 0 Å². The predicted molar refractivity (Wildman–Crippen MR) is 98.9 cm³/mol. The Bertz CT molecular complexity index is 561. The maximum Gasteiger partial charge on any atom is 0.307 e. The molecular weight excluding hydrogens is 324 g/mol. The maximum atomic E-state index is 12.3. The fourth-order valence-electron chi connectivity index (χ4n) is 2.55. The van der Waals surface area contributed by atoms with Crippen LogP contribution >= 0.6 is 12.2 Å². The third kappa shape index (κ3) is 7.08. The average molecular weight is 350 g/mol. The monoisotopic (exact) mass is 350 g/mol. The molecule has 0 aliphatic carbocycles. The first-order valence-electron chi connectivity index (χ1n) is 8.11. The molecule has 1 aromatic carbocycles. The molecule has 0 fully saturated rings. The Hall–Kier alpha value is -1.95. The number of carbonyl (C=O) groups excluding carboxylic acids is 1. The largest absolute Gasteiger partial charge is 0.481 e. The zero-order valence-corrected chi connectivity index (χ0v) is 15.2. The zero-order valence-electron chi connectivity index (χ0n) is 14.4. The van der Waals surface area contributed by atoms with Crippen LogP contribution in [0.25, 0.3) is 0 Å². The molecule has 0 radical (unpaired) electrons. The van der Waals surface area contributed by atoms with Gasteiger partial charge in [-0.15, -0.1) is 0 Å². The molecule has 0 bridgehead atoms. The molecule has 0 heterocycles. The molecule has 24 heavy (non-hydrogen) atoms. The predicted octanol–water partition coefficient (Wildman–Crippen LogP) is 2.40. The summed E-state index contributed by atoms with van der Waals surface area (Å²) in [5.41, 5.74) is 1.05. The Morgan fingerprint density at radius 2 is 1.83 bits per heavy atom. The molecule has 0 spiro atoms. The minimum absolute atomic E-state index is 0.0366. The highest BCUT2D eigenvalue weighted by Crippen LogP contribution is 2.16. The molecule has 2 atom stereocenters. The molecule has 0 aromatic heterocycles. The van der Waals surface area contributed by atoms with Crippen LogP contribution in [0.5, 0.6) is 0 Å². The van der Waals surface area contributed by atoms with Crippen molar-refractivity contribution in [1.29, 1.82) is 0 Å². The number of aliphatic carboxylic acids is 1. The Kier molecular flexibility index (Phi) is 8.40. The summed E-state index contributed by atoms with van der Waals surface area (Å²) in [7, 11) is 1.71. The number of amides is 1. The molecule has 0 saturated heterocycles. The second-order valence-electron chi connectivity index (χ2n) is 6.29. The summed E-state index contributed by atoms with van der Waals surface area (Å²) in [6, 6.07) is 9.37. The second-order valence-corrected chi connectivity index (χ2v) is 6.73. The van der Waals surface area contributed by atoms with Gasteiger partial charge in [-0.2, -0.15) is 0 Å². The van der Waals surface area contributed by atoms with Gasteiger partial charge >= 0.3 is 5.97 Å². The van der Waals surface area contributed by atoms with E-state index in [1.165, 1.54) is 0 Å². The zero-order chi connectivity index (χ0) is 18.1. The van der Waals surface area contributed by atoms with Crippen LogP contribution < -0.4 is 10.6 Å². The number of likely N-dealkylation sites (N-methyl/N-ethyl adjacent to an activating group) is 1. The summed E-state index contributed by atoms with van der Waals surface area (Å²) in [5.74, 6) is -1.68. The van der Waals surface area contributed by atoms with E-state index in [4.69, 9.17) is 12.2 Å². The first kappa shape index (κ1) is 20.1. The fraction of sp³-hybridized carbons (Fsp3) is 0.500. The van der Waals surface area contributed by atoms with E-state index >= 15 is 0 Å². The molecule has 5 nitrogen and oxygen atoms in total. The molecule has 2 unspecified atom stereocenters. The normalized spacial score (nSPS) is 13.2. The van der Waals surface area contributed by atoms with Gasteiger partial charge in [0.15, 0.2) is 0 Å². The van der Waals surface area contributed by atoms with Gasteiger partial charge in [0.05, 0.1) is 16.9 Å². The molecule has 1 aromatic rings. The SMILES string of the molecule is CNC(=S)C(Cc1ccccc1)NC(=O)CC(CC(C)C)C(=O)O. The minimum Gasteiger partial charge on any atom is -0.481 e. The van der Waals surface area contributed by atoms with Crippen molar-refractivity contribution in [3.63, 3.8) is 0 Å². The fourth-order valence-corrected chi connectivity index (χ4v) is 2.69. The molecule has 6 heteroatoms. The van der Waals surface area contributed by atoms with E-state index in [-0.39, 0.29) is 24.3 Å². The number of carboxylic acid groups (broad SMARTS) is 1. The lowest BCUT2D eigenvalue weighted by molar-refractivity contribution is -0.144. The quantitative estimate of drug-likeness (QED) is 0.596. The van der Waals surface area contributed by atoms with Crippen LogP contribution in [0.2, 0.25) is 0 Å². The van der Waals surface area contributed by atoms with Gasteiger partial charge in [-0.05, 0) is 24.3 Å². The third-order valence-corrected chi connectivity index (χ3v) is 4.21. The highest BCUT2D eigenvalue weighted by Gasteiger charge is 2.24. The van der Waals surface area contributed by atoms with Crippen molar-refractivity contribution >= 4 is 29.1 Å². The van der Waals surface area contributed by atoms with Crippen LogP contribution in [-0.4, -0.2) is 35.1 Å². The summed E-state index contributed by atoms with van der Waals surface area (Å²) in [6.07, 6.45) is 1.00. The number of hydrogen-bond donors (Lipinski definition) is 3. The van der Waals surface area contributed by atoms with Crippen molar-refractivity contribution in [3.05, 3.63) is 35.9 Å². The standard InChI is InChI=1S/C18H26N2O3S/c1-12(2)9-14(18(22)23)11-16(21)20-15(17(24)19-3)10-13-7-5-4-6-8-13/h4-8,12,14-15H,9-11H2,1-3H3,(H,19,24)(H,20,21)(H,22,23). The summed E-state index contributed by atoms with van der Waals surface area (Å²) in [6.45, 7) is 3.89. The number of benzene rings is 1. The van der Waals surface area contributed by atoms with E-state index in [0.717, 1.165) is 5.56 Å². The molecule has 3 N–H and O–H groups in total. The molecule has 132 valence electrons. The average Bonchev–Trinajstić information content (AvgIpc) is 2.53. The lowest BCUT2D eigenvalue weighted by atomic mass is 9.93. The van der Waals surface area contributed by atoms with Crippen LogP contribution in [0.4, 0.5) is 0 Å². The van der Waals surface area contributed by atoms with E-state index in [1.807, 2.05) is 44.2 Å². The molecule has 1 rings (SSSR count). The van der Waals surface area contributed by atoms with Crippen molar-refractivity contribution in [1.82, 2.24) is 10.6 Å². The lowest BCUT2D eigenvalue weighted by Gasteiger charge is -2.21. The molecule has 0 aliphatic heterocycles. The third-order valence-electron chi connectivity index (χ3n) is 3.72. The summed E-state index contributed by atoms with van der Waals surface area (Å²) >= 11 is 5.29. The van der Waals surface area contributed by atoms with Crippen molar-refractivity contribution < 1.29 is 14.7 Å². The van der Waals surface area contributed by atoms with Gasteiger partial charge in [-0.1, -0.05) is 56.4 Å². The number of carboxylic acids is 1. The smallest absolute Gasteiger partial charge is 0.307 e. The first-order chi connectivity index (χ1) is 11.3. The van der Waals surface area contributed by atoms with E-state index in [2.05, 4.69) is 10.6 Å².